The van der Waals surface area contributed by atoms with E-state index >= 15 is 0 Å². The molecule has 174 valence electrons. The Morgan fingerprint density at radius 2 is 2.12 bits per heavy atom. The number of β-amino-alcohol motifs (C(OH)–C–C–N with tert-alkyl or cyclic N) is 1. The van der Waals surface area contributed by atoms with Crippen molar-refractivity contribution >= 4 is 40.3 Å². The van der Waals surface area contributed by atoms with Gasteiger partial charge in [0.25, 0.3) is 0 Å². The van der Waals surface area contributed by atoms with E-state index < -0.39 is 6.29 Å². The van der Waals surface area contributed by atoms with E-state index in [-0.39, 0.29) is 12.5 Å². The highest BCUT2D eigenvalue weighted by molar-refractivity contribution is 7.08. The fourth-order valence-corrected chi connectivity index (χ4v) is 4.33. The predicted octanol–water partition coefficient (Wildman–Crippen LogP) is 3.22. The Morgan fingerprint density at radius 1 is 1.27 bits per heavy atom. The van der Waals surface area contributed by atoms with E-state index in [9.17, 15) is 9.90 Å². The summed E-state index contributed by atoms with van der Waals surface area (Å²) >= 11 is 1.59. The number of hydrogen-bond donors (Lipinski definition) is 2. The summed E-state index contributed by atoms with van der Waals surface area (Å²) in [6, 6.07) is 11.4. The quantitative estimate of drug-likeness (QED) is 0.494. The second-order valence-corrected chi connectivity index (χ2v) is 8.37. The molecule has 1 aliphatic rings. The van der Waals surface area contributed by atoms with Gasteiger partial charge in [-0.1, -0.05) is 13.0 Å². The SMILES string of the molecule is CCCN(CC(=O)Nc1cccc(N(c2ccsc2)c2ncccn2)c1)N1CCOC(O)C1. The fourth-order valence-electron chi connectivity index (χ4n) is 3.71. The maximum atomic E-state index is 12.9. The van der Waals surface area contributed by atoms with Crippen molar-refractivity contribution in [2.75, 3.05) is 43.0 Å². The van der Waals surface area contributed by atoms with Gasteiger partial charge < -0.3 is 15.2 Å². The summed E-state index contributed by atoms with van der Waals surface area (Å²) in [6.07, 6.45) is 3.47. The lowest BCUT2D eigenvalue weighted by Gasteiger charge is -2.38. The third-order valence-electron chi connectivity index (χ3n) is 5.14. The van der Waals surface area contributed by atoms with E-state index in [0.717, 1.165) is 24.3 Å². The number of rotatable bonds is 9. The summed E-state index contributed by atoms with van der Waals surface area (Å²) in [4.78, 5) is 23.7. The minimum absolute atomic E-state index is 0.125. The molecule has 10 heteroatoms. The number of carbonyl (C=O) groups excluding carboxylic acids is 1. The average Bonchev–Trinajstić information content (AvgIpc) is 3.34. The van der Waals surface area contributed by atoms with Crippen LogP contribution in [-0.2, 0) is 9.53 Å². The number of thiophene rings is 1. The van der Waals surface area contributed by atoms with Gasteiger partial charge in [-0.25, -0.2) is 20.0 Å². The fraction of sp³-hybridized carbons (Fsp3) is 0.348. The Bertz CT molecular complexity index is 1020. The van der Waals surface area contributed by atoms with Crippen molar-refractivity contribution in [1.29, 1.82) is 0 Å². The van der Waals surface area contributed by atoms with Crippen molar-refractivity contribution in [1.82, 2.24) is 20.0 Å². The molecule has 1 atom stereocenters. The van der Waals surface area contributed by atoms with Crippen LogP contribution in [0.25, 0.3) is 0 Å². The lowest BCUT2D eigenvalue weighted by molar-refractivity contribution is -0.193. The predicted molar refractivity (Wildman–Crippen MR) is 129 cm³/mol. The van der Waals surface area contributed by atoms with E-state index in [1.54, 1.807) is 29.8 Å². The molecule has 1 fully saturated rings. The second kappa shape index (κ2) is 11.3. The van der Waals surface area contributed by atoms with Gasteiger partial charge in [0.1, 0.15) is 0 Å². The Hall–Kier alpha value is -2.89. The lowest BCUT2D eigenvalue weighted by atomic mass is 10.2. The molecular weight excluding hydrogens is 440 g/mol. The number of aliphatic hydroxyl groups excluding tert-OH is 1. The number of morpholine rings is 1. The van der Waals surface area contributed by atoms with Gasteiger partial charge in [0.05, 0.1) is 31.1 Å². The largest absolute Gasteiger partial charge is 0.367 e. The van der Waals surface area contributed by atoms with Crippen molar-refractivity contribution in [3.63, 3.8) is 0 Å². The maximum Gasteiger partial charge on any atom is 0.240 e. The Morgan fingerprint density at radius 3 is 2.85 bits per heavy atom. The molecule has 3 heterocycles. The number of aliphatic hydroxyl groups is 1. The van der Waals surface area contributed by atoms with Crippen LogP contribution >= 0.6 is 11.3 Å². The van der Waals surface area contributed by atoms with E-state index in [0.29, 0.717) is 31.3 Å². The summed E-state index contributed by atoms with van der Waals surface area (Å²) in [6.45, 7) is 4.42. The summed E-state index contributed by atoms with van der Waals surface area (Å²) in [5, 5.41) is 20.8. The van der Waals surface area contributed by atoms with Crippen molar-refractivity contribution in [3.05, 3.63) is 59.6 Å². The van der Waals surface area contributed by atoms with Gasteiger partial charge in [0.2, 0.25) is 11.9 Å². The Kier molecular flexibility index (Phi) is 7.97. The third kappa shape index (κ3) is 6.12. The van der Waals surface area contributed by atoms with Gasteiger partial charge in [0.15, 0.2) is 6.29 Å². The number of ether oxygens (including phenoxy) is 1. The van der Waals surface area contributed by atoms with Crippen LogP contribution in [0.5, 0.6) is 0 Å². The smallest absolute Gasteiger partial charge is 0.240 e. The Labute approximate surface area is 197 Å². The van der Waals surface area contributed by atoms with Crippen LogP contribution in [0.15, 0.2) is 59.6 Å². The molecule has 0 saturated carbocycles. The summed E-state index contributed by atoms with van der Waals surface area (Å²) in [5.74, 6) is 0.430. The highest BCUT2D eigenvalue weighted by Gasteiger charge is 2.25. The van der Waals surface area contributed by atoms with Crippen molar-refractivity contribution < 1.29 is 14.6 Å². The first kappa shape index (κ1) is 23.3. The zero-order valence-corrected chi connectivity index (χ0v) is 19.3. The van der Waals surface area contributed by atoms with Crippen LogP contribution in [0.4, 0.5) is 23.0 Å². The number of amides is 1. The molecule has 0 bridgehead atoms. The van der Waals surface area contributed by atoms with Crippen molar-refractivity contribution in [2.24, 2.45) is 0 Å². The standard InChI is InChI=1S/C23H28N6O3S/c1-2-10-27(28-11-12-32-22(31)16-28)15-21(30)26-18-5-3-6-19(14-18)29(20-7-13-33-17-20)23-24-8-4-9-25-23/h3-9,13-14,17,22,31H,2,10-12,15-16H2,1H3,(H,26,30). The molecule has 0 spiro atoms. The van der Waals surface area contributed by atoms with Gasteiger partial charge in [-0.2, -0.15) is 11.3 Å². The number of hydrazine groups is 1. The molecule has 1 aliphatic heterocycles. The average molecular weight is 469 g/mol. The molecule has 1 saturated heterocycles. The lowest BCUT2D eigenvalue weighted by Crippen LogP contribution is -2.54. The number of anilines is 4. The van der Waals surface area contributed by atoms with Crippen LogP contribution in [0.2, 0.25) is 0 Å². The topological polar surface area (TPSA) is 94.1 Å². The monoisotopic (exact) mass is 468 g/mol. The number of aromatic nitrogens is 2. The van der Waals surface area contributed by atoms with E-state index in [1.165, 1.54) is 0 Å². The van der Waals surface area contributed by atoms with Gasteiger partial charge in [-0.05, 0) is 42.1 Å². The highest BCUT2D eigenvalue weighted by Crippen LogP contribution is 2.34. The molecular formula is C23H28N6O3S. The first-order chi connectivity index (χ1) is 16.1. The molecule has 1 aromatic carbocycles. The molecule has 0 aliphatic carbocycles. The van der Waals surface area contributed by atoms with Crippen molar-refractivity contribution in [3.8, 4) is 0 Å². The number of nitrogens with zero attached hydrogens (tertiary/aromatic N) is 5. The molecule has 2 aromatic heterocycles. The molecule has 3 aromatic rings. The minimum atomic E-state index is -0.832. The van der Waals surface area contributed by atoms with Crippen LogP contribution in [0.3, 0.4) is 0 Å². The third-order valence-corrected chi connectivity index (χ3v) is 5.81. The van der Waals surface area contributed by atoms with Crippen molar-refractivity contribution in [2.45, 2.75) is 19.6 Å². The molecule has 4 rings (SSSR count). The van der Waals surface area contributed by atoms with E-state index in [4.69, 9.17) is 4.74 Å². The second-order valence-electron chi connectivity index (χ2n) is 7.59. The molecule has 9 nitrogen and oxygen atoms in total. The van der Waals surface area contributed by atoms with Gasteiger partial charge in [-0.15, -0.1) is 0 Å². The first-order valence-electron chi connectivity index (χ1n) is 10.9. The van der Waals surface area contributed by atoms with Crippen LogP contribution < -0.4 is 10.2 Å². The summed E-state index contributed by atoms with van der Waals surface area (Å²) in [7, 11) is 0. The summed E-state index contributed by atoms with van der Waals surface area (Å²) < 4.78 is 5.21. The molecule has 33 heavy (non-hydrogen) atoms. The van der Waals surface area contributed by atoms with Gasteiger partial charge in [0, 0.05) is 36.6 Å². The zero-order valence-electron chi connectivity index (χ0n) is 18.5. The highest BCUT2D eigenvalue weighted by atomic mass is 32.1. The van der Waals surface area contributed by atoms with Crippen LogP contribution in [0, 0.1) is 0 Å². The maximum absolute atomic E-state index is 12.9. The molecule has 1 amide bonds. The molecule has 2 N–H and O–H groups in total. The zero-order chi connectivity index (χ0) is 23.0. The van der Waals surface area contributed by atoms with Crippen LogP contribution in [0.1, 0.15) is 13.3 Å². The molecule has 0 radical (unpaired) electrons. The Balaban J connectivity index is 1.49. The number of nitrogens with one attached hydrogen (secondary N) is 1. The minimum Gasteiger partial charge on any atom is -0.367 e. The number of hydrogen-bond acceptors (Lipinski definition) is 9. The number of carbonyl (C=O) groups is 1. The van der Waals surface area contributed by atoms with E-state index in [2.05, 4.69) is 22.2 Å². The normalized spacial score (nSPS) is 16.6. The summed E-state index contributed by atoms with van der Waals surface area (Å²) in [5.41, 5.74) is 2.49. The van der Waals surface area contributed by atoms with Crippen LogP contribution in [-0.4, -0.2) is 70.1 Å². The van der Waals surface area contributed by atoms with Gasteiger partial charge in [-0.3, -0.25) is 9.69 Å². The molecule has 1 unspecified atom stereocenters. The first-order valence-corrected chi connectivity index (χ1v) is 11.9. The number of benzene rings is 1. The van der Waals surface area contributed by atoms with Gasteiger partial charge >= 0.3 is 0 Å². The van der Waals surface area contributed by atoms with E-state index in [1.807, 2.05) is 56.0 Å².